The van der Waals surface area contributed by atoms with Gasteiger partial charge < -0.3 is 24.2 Å². The highest BCUT2D eigenvalue weighted by atomic mass is 16.5. The first-order valence-corrected chi connectivity index (χ1v) is 10.9. The number of fused-ring (bicyclic) bond motifs is 1. The summed E-state index contributed by atoms with van der Waals surface area (Å²) in [6.45, 7) is 3.97. The second-order valence-electron chi connectivity index (χ2n) is 8.21. The van der Waals surface area contributed by atoms with Crippen LogP contribution in [-0.4, -0.2) is 52.9 Å². The number of anilines is 2. The molecular formula is C23H29N5O2. The summed E-state index contributed by atoms with van der Waals surface area (Å²) >= 11 is 0. The van der Waals surface area contributed by atoms with Gasteiger partial charge in [0.15, 0.2) is 0 Å². The Labute approximate surface area is 176 Å². The molecule has 1 aromatic carbocycles. The molecule has 0 bridgehead atoms. The Kier molecular flexibility index (Phi) is 4.98. The van der Waals surface area contributed by atoms with Crippen molar-refractivity contribution in [2.24, 2.45) is 7.05 Å². The Balaban J connectivity index is 1.75. The van der Waals surface area contributed by atoms with Crippen LogP contribution in [0.3, 0.4) is 0 Å². The van der Waals surface area contributed by atoms with Crippen molar-refractivity contribution in [1.82, 2.24) is 14.5 Å². The zero-order chi connectivity index (χ0) is 20.7. The molecule has 7 nitrogen and oxygen atoms in total. The fourth-order valence-electron chi connectivity index (χ4n) is 4.85. The van der Waals surface area contributed by atoms with Crippen molar-refractivity contribution in [3.63, 3.8) is 0 Å². The topological polar surface area (TPSA) is 66.7 Å². The van der Waals surface area contributed by atoms with Crippen molar-refractivity contribution in [1.29, 1.82) is 0 Å². The van der Waals surface area contributed by atoms with E-state index >= 15 is 0 Å². The van der Waals surface area contributed by atoms with Gasteiger partial charge >= 0.3 is 0 Å². The molecule has 0 atom stereocenters. The molecule has 0 saturated carbocycles. The zero-order valence-corrected chi connectivity index (χ0v) is 17.8. The molecule has 2 aliphatic rings. The first kappa shape index (κ1) is 19.2. The number of ether oxygens (including phenoxy) is 1. The van der Waals surface area contributed by atoms with Crippen LogP contribution in [0, 0.1) is 0 Å². The summed E-state index contributed by atoms with van der Waals surface area (Å²) < 4.78 is 7.43. The second kappa shape index (κ2) is 7.80. The van der Waals surface area contributed by atoms with Gasteiger partial charge in [0, 0.05) is 38.8 Å². The Hall–Kier alpha value is -2.80. The van der Waals surface area contributed by atoms with Gasteiger partial charge in [0.2, 0.25) is 5.95 Å². The first-order chi connectivity index (χ1) is 14.7. The number of hydrogen-bond acceptors (Lipinski definition) is 6. The smallest absolute Gasteiger partial charge is 0.229 e. The summed E-state index contributed by atoms with van der Waals surface area (Å²) in [4.78, 5) is 14.7. The van der Waals surface area contributed by atoms with E-state index in [9.17, 15) is 5.11 Å². The minimum atomic E-state index is -0.0496. The normalized spacial score (nSPS) is 16.8. The van der Waals surface area contributed by atoms with E-state index < -0.39 is 0 Å². The molecule has 7 heteroatoms. The Morgan fingerprint density at radius 3 is 2.17 bits per heavy atom. The average Bonchev–Trinajstić information content (AvgIpc) is 3.54. The predicted octanol–water partition coefficient (Wildman–Crippen LogP) is 3.34. The largest absolute Gasteiger partial charge is 0.497 e. The molecule has 0 unspecified atom stereocenters. The molecule has 5 rings (SSSR count). The summed E-state index contributed by atoms with van der Waals surface area (Å²) in [5.41, 5.74) is 3.81. The van der Waals surface area contributed by atoms with Crippen molar-refractivity contribution in [3.8, 4) is 17.0 Å². The molecule has 2 fully saturated rings. The van der Waals surface area contributed by atoms with Gasteiger partial charge in [-0.1, -0.05) is 0 Å². The summed E-state index contributed by atoms with van der Waals surface area (Å²) in [5, 5.41) is 11.4. The van der Waals surface area contributed by atoms with Crippen molar-refractivity contribution < 1.29 is 9.84 Å². The summed E-state index contributed by atoms with van der Waals surface area (Å²) in [7, 11) is 3.71. The molecule has 2 saturated heterocycles. The van der Waals surface area contributed by atoms with Gasteiger partial charge in [-0.05, 0) is 55.5 Å². The van der Waals surface area contributed by atoms with Crippen LogP contribution in [0.4, 0.5) is 11.8 Å². The van der Waals surface area contributed by atoms with Crippen LogP contribution < -0.4 is 14.5 Å². The van der Waals surface area contributed by atoms with E-state index in [1.165, 1.54) is 25.7 Å². The highest BCUT2D eigenvalue weighted by Crippen LogP contribution is 2.39. The lowest BCUT2D eigenvalue weighted by atomic mass is 10.1. The monoisotopic (exact) mass is 407 g/mol. The highest BCUT2D eigenvalue weighted by Gasteiger charge is 2.27. The number of rotatable bonds is 5. The minimum Gasteiger partial charge on any atom is -0.497 e. The minimum absolute atomic E-state index is 0.0496. The van der Waals surface area contributed by atoms with Crippen LogP contribution in [0.25, 0.3) is 22.3 Å². The number of methoxy groups -OCH3 is 1. The third-order valence-corrected chi connectivity index (χ3v) is 6.42. The number of aliphatic hydroxyl groups is 1. The van der Waals surface area contributed by atoms with Crippen molar-refractivity contribution in [2.45, 2.75) is 32.3 Å². The predicted molar refractivity (Wildman–Crippen MR) is 119 cm³/mol. The molecular weight excluding hydrogens is 378 g/mol. The molecule has 0 spiro atoms. The van der Waals surface area contributed by atoms with Crippen LogP contribution in [0.15, 0.2) is 24.3 Å². The second-order valence-corrected chi connectivity index (χ2v) is 8.21. The van der Waals surface area contributed by atoms with Crippen LogP contribution in [-0.2, 0) is 13.7 Å². The number of aliphatic hydroxyl groups excluding tert-OH is 1. The maximum Gasteiger partial charge on any atom is 0.229 e. The molecule has 1 N–H and O–H groups in total. The quantitative estimate of drug-likeness (QED) is 0.700. The van der Waals surface area contributed by atoms with E-state index in [2.05, 4.69) is 14.4 Å². The summed E-state index contributed by atoms with van der Waals surface area (Å²) in [6.07, 6.45) is 4.73. The molecule has 158 valence electrons. The van der Waals surface area contributed by atoms with E-state index in [4.69, 9.17) is 14.7 Å². The van der Waals surface area contributed by atoms with E-state index in [1.807, 2.05) is 31.3 Å². The van der Waals surface area contributed by atoms with E-state index in [1.54, 1.807) is 7.11 Å². The molecule has 2 aromatic heterocycles. The number of hydrogen-bond donors (Lipinski definition) is 1. The van der Waals surface area contributed by atoms with Crippen molar-refractivity contribution in [2.75, 3.05) is 43.1 Å². The highest BCUT2D eigenvalue weighted by molar-refractivity contribution is 5.98. The maximum atomic E-state index is 10.4. The molecule has 2 aliphatic heterocycles. The van der Waals surface area contributed by atoms with Gasteiger partial charge in [-0.25, -0.2) is 0 Å². The van der Waals surface area contributed by atoms with Crippen LogP contribution >= 0.6 is 0 Å². The third-order valence-electron chi connectivity index (χ3n) is 6.42. The van der Waals surface area contributed by atoms with Crippen LogP contribution in [0.1, 0.15) is 31.2 Å². The molecule has 0 radical (unpaired) electrons. The molecule has 3 aromatic rings. The van der Waals surface area contributed by atoms with Crippen LogP contribution in [0.2, 0.25) is 0 Å². The van der Waals surface area contributed by atoms with Gasteiger partial charge in [0.05, 0.1) is 24.8 Å². The molecule has 0 amide bonds. The number of nitrogens with zero attached hydrogens (tertiary/aromatic N) is 5. The first-order valence-electron chi connectivity index (χ1n) is 10.9. The van der Waals surface area contributed by atoms with Gasteiger partial charge in [0.1, 0.15) is 17.2 Å². The van der Waals surface area contributed by atoms with Gasteiger partial charge in [-0.3, -0.25) is 0 Å². The lowest BCUT2D eigenvalue weighted by Crippen LogP contribution is -2.24. The average molecular weight is 408 g/mol. The number of aryl methyl sites for hydroxylation is 1. The molecule has 4 heterocycles. The lowest BCUT2D eigenvalue weighted by molar-refractivity contribution is 0.283. The van der Waals surface area contributed by atoms with E-state index in [0.29, 0.717) is 0 Å². The Morgan fingerprint density at radius 2 is 1.57 bits per heavy atom. The Morgan fingerprint density at radius 1 is 0.933 bits per heavy atom. The lowest BCUT2D eigenvalue weighted by Gasteiger charge is -2.22. The van der Waals surface area contributed by atoms with Crippen molar-refractivity contribution in [3.05, 3.63) is 29.8 Å². The van der Waals surface area contributed by atoms with Gasteiger partial charge in [-0.15, -0.1) is 0 Å². The van der Waals surface area contributed by atoms with E-state index in [0.717, 1.165) is 71.5 Å². The molecule has 0 aliphatic carbocycles. The molecule has 30 heavy (non-hydrogen) atoms. The summed E-state index contributed by atoms with van der Waals surface area (Å²) in [6, 6.07) is 7.99. The summed E-state index contributed by atoms with van der Waals surface area (Å²) in [5.74, 6) is 2.60. The van der Waals surface area contributed by atoms with Crippen molar-refractivity contribution >= 4 is 22.8 Å². The number of aromatic nitrogens is 3. The number of benzene rings is 1. The van der Waals surface area contributed by atoms with E-state index in [-0.39, 0.29) is 6.61 Å². The zero-order valence-electron chi connectivity index (χ0n) is 17.8. The van der Waals surface area contributed by atoms with Gasteiger partial charge in [-0.2, -0.15) is 9.97 Å². The third kappa shape index (κ3) is 3.08. The fraction of sp³-hybridized carbons (Fsp3) is 0.478. The Bertz CT molecular complexity index is 1050. The van der Waals surface area contributed by atoms with Crippen LogP contribution in [0.5, 0.6) is 5.75 Å². The standard InChI is InChI=1S/C23H29N5O2/c1-26-20(16-7-9-17(30-2)10-8-16)18(15-29)19-21(26)24-23(28-13-5-6-14-28)25-22(19)27-11-3-4-12-27/h7-10,29H,3-6,11-15H2,1-2H3. The SMILES string of the molecule is COc1ccc(-c2c(CO)c3c(N4CCCC4)nc(N4CCCC4)nc3n2C)cc1. The fourth-order valence-corrected chi connectivity index (χ4v) is 4.85. The maximum absolute atomic E-state index is 10.4. The van der Waals surface area contributed by atoms with Gasteiger partial charge in [0.25, 0.3) is 0 Å².